The monoisotopic (exact) mass is 639 g/mol. The van der Waals surface area contributed by atoms with Gasteiger partial charge in [0.1, 0.15) is 11.2 Å². The molecule has 0 atom stereocenters. The highest BCUT2D eigenvalue weighted by atomic mass is 16.3. The number of anilines is 3. The Labute approximate surface area is 292 Å². The van der Waals surface area contributed by atoms with Crippen LogP contribution in [0.5, 0.6) is 0 Å². The molecule has 0 fully saturated rings. The van der Waals surface area contributed by atoms with E-state index in [4.69, 9.17) is 4.42 Å². The number of hydrogen-bond acceptors (Lipinski definition) is 2. The Balaban J connectivity index is 0.997. The number of para-hydroxylation sites is 1. The number of furan rings is 1. The molecule has 0 unspecified atom stereocenters. The van der Waals surface area contributed by atoms with Crippen LogP contribution in [0.2, 0.25) is 0 Å². The second-order valence-corrected chi connectivity index (χ2v) is 12.6. The summed E-state index contributed by atoms with van der Waals surface area (Å²) in [6, 6.07) is 71.0. The van der Waals surface area contributed by atoms with E-state index in [0.29, 0.717) is 0 Å². The van der Waals surface area contributed by atoms with E-state index < -0.39 is 0 Å². The molecule has 0 aliphatic carbocycles. The Kier molecular flexibility index (Phi) is 7.53. The maximum Gasteiger partial charge on any atom is 0.135 e. The first-order valence-electron chi connectivity index (χ1n) is 17.0. The third-order valence-electron chi connectivity index (χ3n) is 9.50. The smallest absolute Gasteiger partial charge is 0.135 e. The van der Waals surface area contributed by atoms with Crippen molar-refractivity contribution in [1.82, 2.24) is 0 Å². The SMILES string of the molecule is c1ccc(-c2ccc(N(c3ccccc3)c3ccc(-c4ccc(-c5ccc6oc7ccc(-c8ccccc8)cc7c6c5)cc4)cc3)cc2)cc1. The molecule has 2 nitrogen and oxygen atoms in total. The lowest BCUT2D eigenvalue weighted by Gasteiger charge is -2.26. The van der Waals surface area contributed by atoms with E-state index in [1.807, 2.05) is 0 Å². The maximum atomic E-state index is 6.21. The highest BCUT2D eigenvalue weighted by Crippen LogP contribution is 2.38. The highest BCUT2D eigenvalue weighted by Gasteiger charge is 2.14. The Morgan fingerprint density at radius 3 is 1.00 bits per heavy atom. The molecule has 2 heteroatoms. The van der Waals surface area contributed by atoms with Gasteiger partial charge in [-0.3, -0.25) is 0 Å². The van der Waals surface area contributed by atoms with Gasteiger partial charge in [-0.25, -0.2) is 0 Å². The van der Waals surface area contributed by atoms with Gasteiger partial charge >= 0.3 is 0 Å². The molecule has 1 aromatic heterocycles. The van der Waals surface area contributed by atoms with Gasteiger partial charge in [0.05, 0.1) is 0 Å². The van der Waals surface area contributed by atoms with Gasteiger partial charge in [0, 0.05) is 27.8 Å². The quantitative estimate of drug-likeness (QED) is 0.173. The summed E-state index contributed by atoms with van der Waals surface area (Å²) in [4.78, 5) is 2.31. The van der Waals surface area contributed by atoms with Crippen molar-refractivity contribution in [2.24, 2.45) is 0 Å². The van der Waals surface area contributed by atoms with Crippen LogP contribution in [0.4, 0.5) is 17.1 Å². The van der Waals surface area contributed by atoms with Crippen LogP contribution >= 0.6 is 0 Å². The highest BCUT2D eigenvalue weighted by molar-refractivity contribution is 6.07. The van der Waals surface area contributed by atoms with E-state index in [9.17, 15) is 0 Å². The van der Waals surface area contributed by atoms with E-state index in [0.717, 1.165) is 39.0 Å². The van der Waals surface area contributed by atoms with Crippen LogP contribution in [0.15, 0.2) is 205 Å². The molecule has 0 saturated carbocycles. The fourth-order valence-corrected chi connectivity index (χ4v) is 6.88. The van der Waals surface area contributed by atoms with Crippen molar-refractivity contribution in [3.05, 3.63) is 200 Å². The Morgan fingerprint density at radius 1 is 0.260 bits per heavy atom. The summed E-state index contributed by atoms with van der Waals surface area (Å²) in [7, 11) is 0. The van der Waals surface area contributed by atoms with Crippen LogP contribution in [0.25, 0.3) is 66.4 Å². The largest absolute Gasteiger partial charge is 0.456 e. The van der Waals surface area contributed by atoms with Gasteiger partial charge in [0.25, 0.3) is 0 Å². The molecule has 50 heavy (non-hydrogen) atoms. The van der Waals surface area contributed by atoms with Crippen LogP contribution in [-0.2, 0) is 0 Å². The summed E-state index contributed by atoms with van der Waals surface area (Å²) in [6.45, 7) is 0. The molecule has 0 amide bonds. The molecule has 236 valence electrons. The predicted molar refractivity (Wildman–Crippen MR) is 210 cm³/mol. The van der Waals surface area contributed by atoms with Gasteiger partial charge < -0.3 is 9.32 Å². The van der Waals surface area contributed by atoms with E-state index in [2.05, 4.69) is 205 Å². The first kappa shape index (κ1) is 29.5. The van der Waals surface area contributed by atoms with Crippen LogP contribution < -0.4 is 4.90 Å². The van der Waals surface area contributed by atoms with Crippen LogP contribution in [0.1, 0.15) is 0 Å². The normalized spacial score (nSPS) is 11.2. The number of benzene rings is 8. The van der Waals surface area contributed by atoms with Gasteiger partial charge in [-0.1, -0.05) is 140 Å². The summed E-state index contributed by atoms with van der Waals surface area (Å²) < 4.78 is 6.21. The number of fused-ring (bicyclic) bond motifs is 3. The first-order valence-corrected chi connectivity index (χ1v) is 17.0. The van der Waals surface area contributed by atoms with Crippen molar-refractivity contribution in [2.75, 3.05) is 4.90 Å². The van der Waals surface area contributed by atoms with Crippen molar-refractivity contribution in [1.29, 1.82) is 0 Å². The molecule has 0 aliphatic heterocycles. The minimum atomic E-state index is 0.905. The minimum absolute atomic E-state index is 0.905. The average molecular weight is 640 g/mol. The second-order valence-electron chi connectivity index (χ2n) is 12.6. The van der Waals surface area contributed by atoms with E-state index in [1.165, 1.54) is 44.5 Å². The molecule has 1 heterocycles. The molecule has 0 spiro atoms. The molecule has 9 rings (SSSR count). The van der Waals surface area contributed by atoms with Crippen molar-refractivity contribution in [3.63, 3.8) is 0 Å². The Hall–Kier alpha value is -6.64. The fourth-order valence-electron chi connectivity index (χ4n) is 6.88. The maximum absolute atomic E-state index is 6.21. The summed E-state index contributed by atoms with van der Waals surface area (Å²) in [5.41, 5.74) is 14.7. The van der Waals surface area contributed by atoms with Crippen LogP contribution in [0.3, 0.4) is 0 Å². The van der Waals surface area contributed by atoms with E-state index >= 15 is 0 Å². The van der Waals surface area contributed by atoms with Crippen molar-refractivity contribution < 1.29 is 4.42 Å². The molecule has 0 N–H and O–H groups in total. The zero-order valence-corrected chi connectivity index (χ0v) is 27.4. The van der Waals surface area contributed by atoms with Gasteiger partial charge in [0.15, 0.2) is 0 Å². The van der Waals surface area contributed by atoms with Gasteiger partial charge in [-0.05, 0) is 105 Å². The molecular weight excluding hydrogens is 607 g/mol. The number of nitrogens with zero attached hydrogens (tertiary/aromatic N) is 1. The molecular formula is C48H33NO. The molecule has 0 bridgehead atoms. The van der Waals surface area contributed by atoms with Gasteiger partial charge in [-0.15, -0.1) is 0 Å². The fraction of sp³-hybridized carbons (Fsp3) is 0. The third kappa shape index (κ3) is 5.63. The van der Waals surface area contributed by atoms with Crippen molar-refractivity contribution in [3.8, 4) is 44.5 Å². The molecule has 8 aromatic carbocycles. The molecule has 0 aliphatic rings. The number of rotatable bonds is 7. The lowest BCUT2D eigenvalue weighted by Crippen LogP contribution is -2.09. The van der Waals surface area contributed by atoms with Crippen LogP contribution in [0, 0.1) is 0 Å². The minimum Gasteiger partial charge on any atom is -0.456 e. The van der Waals surface area contributed by atoms with Crippen molar-refractivity contribution >= 4 is 39.0 Å². The Bertz CT molecular complexity index is 2530. The van der Waals surface area contributed by atoms with E-state index in [-0.39, 0.29) is 0 Å². The predicted octanol–water partition coefficient (Wildman–Crippen LogP) is 13.7. The average Bonchev–Trinajstić information content (AvgIpc) is 3.57. The summed E-state index contributed by atoms with van der Waals surface area (Å²) in [5.74, 6) is 0. The van der Waals surface area contributed by atoms with E-state index in [1.54, 1.807) is 0 Å². The second kappa shape index (κ2) is 12.8. The molecule has 9 aromatic rings. The number of hydrogen-bond donors (Lipinski definition) is 0. The van der Waals surface area contributed by atoms with Crippen molar-refractivity contribution in [2.45, 2.75) is 0 Å². The molecule has 0 saturated heterocycles. The van der Waals surface area contributed by atoms with Gasteiger partial charge in [-0.2, -0.15) is 0 Å². The first-order chi connectivity index (χ1) is 24.8. The lowest BCUT2D eigenvalue weighted by atomic mass is 9.98. The topological polar surface area (TPSA) is 16.4 Å². The third-order valence-corrected chi connectivity index (χ3v) is 9.50. The Morgan fingerprint density at radius 2 is 0.560 bits per heavy atom. The van der Waals surface area contributed by atoms with Gasteiger partial charge in [0.2, 0.25) is 0 Å². The summed E-state index contributed by atoms with van der Waals surface area (Å²) in [5, 5.41) is 2.27. The zero-order valence-electron chi connectivity index (χ0n) is 27.4. The molecule has 0 radical (unpaired) electrons. The standard InChI is InChI=1S/C48H33NO/c1-4-10-34(11-5-1)37-20-26-43(27-21-37)49(42-14-8-3-9-15-42)44-28-22-38(23-29-44)36-16-18-39(19-17-36)41-25-31-48-46(33-41)45-32-40(24-30-47(45)50-48)35-12-6-2-7-13-35/h1-33H. The lowest BCUT2D eigenvalue weighted by molar-refractivity contribution is 0.669. The van der Waals surface area contributed by atoms with Crippen LogP contribution in [-0.4, -0.2) is 0 Å². The summed E-state index contributed by atoms with van der Waals surface area (Å²) in [6.07, 6.45) is 0. The summed E-state index contributed by atoms with van der Waals surface area (Å²) >= 11 is 0. The zero-order chi connectivity index (χ0) is 33.3.